The van der Waals surface area contributed by atoms with Gasteiger partial charge in [0.15, 0.2) is 5.65 Å². The Morgan fingerprint density at radius 3 is 2.55 bits per heavy atom. The van der Waals surface area contributed by atoms with Gasteiger partial charge < -0.3 is 14.8 Å². The summed E-state index contributed by atoms with van der Waals surface area (Å²) in [5.41, 5.74) is 3.43. The number of rotatable bonds is 7. The lowest BCUT2D eigenvalue weighted by Gasteiger charge is -2.15. The van der Waals surface area contributed by atoms with Crippen LogP contribution in [0.1, 0.15) is 55.4 Å². The van der Waals surface area contributed by atoms with Crippen molar-refractivity contribution in [2.24, 2.45) is 7.05 Å². The SMILES string of the molecule is CCOc1ccc(OCC)c(NC(=O)c2cc(C(C)C)nc3c2c(C)nn3C)c1. The number of pyridine rings is 1. The van der Waals surface area contributed by atoms with Gasteiger partial charge in [-0.3, -0.25) is 9.48 Å². The number of nitrogens with one attached hydrogen (secondary N) is 1. The van der Waals surface area contributed by atoms with Gasteiger partial charge in [-0.2, -0.15) is 5.10 Å². The second-order valence-corrected chi connectivity index (χ2v) is 7.14. The van der Waals surface area contributed by atoms with Crippen molar-refractivity contribution in [3.8, 4) is 11.5 Å². The molecule has 0 bridgehead atoms. The first-order chi connectivity index (χ1) is 13.8. The van der Waals surface area contributed by atoms with Gasteiger partial charge in [0.05, 0.1) is 35.5 Å². The van der Waals surface area contributed by atoms with Gasteiger partial charge in [0, 0.05) is 18.8 Å². The van der Waals surface area contributed by atoms with E-state index in [2.05, 4.69) is 24.3 Å². The van der Waals surface area contributed by atoms with Crippen LogP contribution in [0.4, 0.5) is 5.69 Å². The zero-order valence-electron chi connectivity index (χ0n) is 17.9. The van der Waals surface area contributed by atoms with Crippen LogP contribution in [0.25, 0.3) is 11.0 Å². The van der Waals surface area contributed by atoms with Gasteiger partial charge in [0.25, 0.3) is 5.91 Å². The van der Waals surface area contributed by atoms with E-state index in [4.69, 9.17) is 14.5 Å². The van der Waals surface area contributed by atoms with Crippen molar-refractivity contribution >= 4 is 22.6 Å². The smallest absolute Gasteiger partial charge is 0.256 e. The van der Waals surface area contributed by atoms with Crippen LogP contribution in [0.15, 0.2) is 24.3 Å². The summed E-state index contributed by atoms with van der Waals surface area (Å²) in [7, 11) is 1.84. The first-order valence-corrected chi connectivity index (χ1v) is 9.90. The molecule has 1 N–H and O–H groups in total. The highest BCUT2D eigenvalue weighted by Crippen LogP contribution is 2.31. The predicted molar refractivity (Wildman–Crippen MR) is 114 cm³/mol. The maximum atomic E-state index is 13.3. The van der Waals surface area contributed by atoms with E-state index in [1.54, 1.807) is 16.8 Å². The molecule has 2 aromatic heterocycles. The topological polar surface area (TPSA) is 78.3 Å². The molecule has 0 aliphatic heterocycles. The number of aromatic nitrogens is 3. The molecule has 2 heterocycles. The number of fused-ring (bicyclic) bond motifs is 1. The molecule has 0 spiro atoms. The number of hydrogen-bond acceptors (Lipinski definition) is 5. The molecule has 29 heavy (non-hydrogen) atoms. The highest BCUT2D eigenvalue weighted by atomic mass is 16.5. The first-order valence-electron chi connectivity index (χ1n) is 9.90. The van der Waals surface area contributed by atoms with Crippen molar-refractivity contribution < 1.29 is 14.3 Å². The van der Waals surface area contributed by atoms with E-state index in [1.165, 1.54) is 0 Å². The third kappa shape index (κ3) is 4.18. The molecule has 1 aromatic carbocycles. The zero-order valence-corrected chi connectivity index (χ0v) is 17.9. The molecule has 0 saturated heterocycles. The Kier molecular flexibility index (Phi) is 6.06. The third-order valence-corrected chi connectivity index (χ3v) is 4.63. The first kappa shape index (κ1) is 20.6. The van der Waals surface area contributed by atoms with Gasteiger partial charge in [0.2, 0.25) is 0 Å². The molecule has 0 fully saturated rings. The van der Waals surface area contributed by atoms with Crippen LogP contribution in [-0.2, 0) is 7.05 Å². The molecular weight excluding hydrogens is 368 g/mol. The van der Waals surface area contributed by atoms with Crippen LogP contribution in [0.3, 0.4) is 0 Å². The summed E-state index contributed by atoms with van der Waals surface area (Å²) < 4.78 is 13.0. The van der Waals surface area contributed by atoms with Crippen LogP contribution >= 0.6 is 0 Å². The number of benzene rings is 1. The monoisotopic (exact) mass is 396 g/mol. The summed E-state index contributed by atoms with van der Waals surface area (Å²) in [6.45, 7) is 10.9. The van der Waals surface area contributed by atoms with Gasteiger partial charge in [-0.15, -0.1) is 0 Å². The molecule has 0 unspecified atom stereocenters. The molecular formula is C22H28N4O3. The molecule has 0 radical (unpaired) electrons. The number of carbonyl (C=O) groups is 1. The Morgan fingerprint density at radius 1 is 1.17 bits per heavy atom. The van der Waals surface area contributed by atoms with Crippen molar-refractivity contribution in [1.29, 1.82) is 0 Å². The summed E-state index contributed by atoms with van der Waals surface area (Å²) in [4.78, 5) is 18.0. The standard InChI is InChI=1S/C22H28N4O3/c1-7-28-15-9-10-19(29-8-2)18(11-15)24-22(27)16-12-17(13(3)4)23-21-20(16)14(5)25-26(21)6/h9-13H,7-8H2,1-6H3,(H,24,27). The molecule has 1 amide bonds. The lowest BCUT2D eigenvalue weighted by atomic mass is 10.0. The minimum Gasteiger partial charge on any atom is -0.494 e. The maximum absolute atomic E-state index is 13.3. The lowest BCUT2D eigenvalue weighted by Crippen LogP contribution is -2.15. The summed E-state index contributed by atoms with van der Waals surface area (Å²) in [5, 5.41) is 8.21. The van der Waals surface area contributed by atoms with Crippen molar-refractivity contribution in [3.05, 3.63) is 41.2 Å². The van der Waals surface area contributed by atoms with Crippen LogP contribution in [0.5, 0.6) is 11.5 Å². The second-order valence-electron chi connectivity index (χ2n) is 7.14. The van der Waals surface area contributed by atoms with E-state index in [0.29, 0.717) is 41.6 Å². The Hall–Kier alpha value is -3.09. The van der Waals surface area contributed by atoms with Crippen molar-refractivity contribution in [2.75, 3.05) is 18.5 Å². The van der Waals surface area contributed by atoms with Gasteiger partial charge in [0.1, 0.15) is 11.5 Å². The van der Waals surface area contributed by atoms with Crippen molar-refractivity contribution in [1.82, 2.24) is 14.8 Å². The normalized spacial score (nSPS) is 11.1. The van der Waals surface area contributed by atoms with E-state index in [1.807, 2.05) is 40.0 Å². The second kappa shape index (κ2) is 8.51. The van der Waals surface area contributed by atoms with Gasteiger partial charge in [-0.1, -0.05) is 13.8 Å². The Labute approximate surface area is 171 Å². The summed E-state index contributed by atoms with van der Waals surface area (Å²) in [6, 6.07) is 7.27. The Morgan fingerprint density at radius 2 is 1.90 bits per heavy atom. The zero-order chi connectivity index (χ0) is 21.1. The minimum absolute atomic E-state index is 0.182. The fraction of sp³-hybridized carbons (Fsp3) is 0.409. The quantitative estimate of drug-likeness (QED) is 0.638. The Bertz CT molecular complexity index is 1040. The maximum Gasteiger partial charge on any atom is 0.256 e. The fourth-order valence-corrected chi connectivity index (χ4v) is 3.27. The number of nitrogens with zero attached hydrogens (tertiary/aromatic N) is 3. The van der Waals surface area contributed by atoms with Crippen molar-refractivity contribution in [3.63, 3.8) is 0 Å². The van der Waals surface area contributed by atoms with Gasteiger partial charge in [-0.05, 0) is 44.9 Å². The van der Waals surface area contributed by atoms with E-state index in [-0.39, 0.29) is 11.8 Å². The number of amides is 1. The molecule has 7 heteroatoms. The summed E-state index contributed by atoms with van der Waals surface area (Å²) in [5.74, 6) is 1.22. The molecule has 3 rings (SSSR count). The highest BCUT2D eigenvalue weighted by molar-refractivity contribution is 6.13. The van der Waals surface area contributed by atoms with E-state index in [9.17, 15) is 4.79 Å². The van der Waals surface area contributed by atoms with E-state index >= 15 is 0 Å². The number of ether oxygens (including phenoxy) is 2. The average molecular weight is 396 g/mol. The minimum atomic E-state index is -0.231. The molecule has 7 nitrogen and oxygen atoms in total. The molecule has 0 aliphatic rings. The van der Waals surface area contributed by atoms with Crippen LogP contribution < -0.4 is 14.8 Å². The third-order valence-electron chi connectivity index (χ3n) is 4.63. The molecule has 0 aliphatic carbocycles. The van der Waals surface area contributed by atoms with Gasteiger partial charge >= 0.3 is 0 Å². The highest BCUT2D eigenvalue weighted by Gasteiger charge is 2.21. The van der Waals surface area contributed by atoms with E-state index < -0.39 is 0 Å². The van der Waals surface area contributed by atoms with Crippen LogP contribution in [0.2, 0.25) is 0 Å². The van der Waals surface area contributed by atoms with Crippen LogP contribution in [0, 0.1) is 6.92 Å². The number of hydrogen-bond donors (Lipinski definition) is 1. The van der Waals surface area contributed by atoms with E-state index in [0.717, 1.165) is 16.8 Å². The number of carbonyl (C=O) groups excluding carboxylic acids is 1. The molecule has 154 valence electrons. The fourth-order valence-electron chi connectivity index (χ4n) is 3.27. The van der Waals surface area contributed by atoms with Crippen molar-refractivity contribution in [2.45, 2.75) is 40.5 Å². The molecule has 0 atom stereocenters. The summed E-state index contributed by atoms with van der Waals surface area (Å²) in [6.07, 6.45) is 0. The molecule has 0 saturated carbocycles. The average Bonchev–Trinajstić information content (AvgIpc) is 2.97. The van der Waals surface area contributed by atoms with Gasteiger partial charge in [-0.25, -0.2) is 4.98 Å². The molecule has 3 aromatic rings. The number of aryl methyl sites for hydroxylation is 2. The van der Waals surface area contributed by atoms with Crippen LogP contribution in [-0.4, -0.2) is 33.9 Å². The lowest BCUT2D eigenvalue weighted by molar-refractivity contribution is 0.102. The number of anilines is 1. The largest absolute Gasteiger partial charge is 0.494 e. The Balaban J connectivity index is 2.07. The predicted octanol–water partition coefficient (Wildman–Crippen LogP) is 4.45. The summed E-state index contributed by atoms with van der Waals surface area (Å²) >= 11 is 0.